The predicted molar refractivity (Wildman–Crippen MR) is 246 cm³/mol. The van der Waals surface area contributed by atoms with Gasteiger partial charge in [0.2, 0.25) is 0 Å². The predicted octanol–water partition coefficient (Wildman–Crippen LogP) is 15.8. The van der Waals surface area contributed by atoms with Gasteiger partial charge in [0, 0.05) is 0 Å². The maximum Gasteiger partial charge on any atom is 0.469 e. The third-order valence-corrected chi connectivity index (χ3v) is 14.1. The van der Waals surface area contributed by atoms with Crippen LogP contribution in [0, 0.1) is 0 Å². The van der Waals surface area contributed by atoms with E-state index in [1.54, 1.807) is 121 Å². The van der Waals surface area contributed by atoms with Crippen LogP contribution < -0.4 is 23.7 Å². The number of ether oxygens (including phenoxy) is 5. The highest BCUT2D eigenvalue weighted by Gasteiger charge is 2.68. The number of hydrogen-bond acceptors (Lipinski definition) is 9. The quantitative estimate of drug-likeness (QED) is 0.0873. The molecule has 0 radical (unpaired) electrons. The van der Waals surface area contributed by atoms with Crippen LogP contribution in [-0.2, 0) is 19.7 Å². The van der Waals surface area contributed by atoms with E-state index in [0.717, 1.165) is 24.3 Å². The van der Waals surface area contributed by atoms with Crippen molar-refractivity contribution in [1.29, 1.82) is 0 Å². The molecule has 0 fully saturated rings. The molecular formula is C52H32F10O9S2. The largest absolute Gasteiger partial charge is 0.469 e. The lowest BCUT2D eigenvalue weighted by atomic mass is 10.0. The number of benzene rings is 8. The van der Waals surface area contributed by atoms with E-state index in [1.165, 1.54) is 24.3 Å². The molecule has 0 unspecified atom stereocenters. The highest BCUT2D eigenvalue weighted by Crippen LogP contribution is 2.49. The smallest absolute Gasteiger partial charge is 0.457 e. The fraction of sp³-hybridized carbons (Fsp3) is 0.0769. The minimum Gasteiger partial charge on any atom is -0.457 e. The third-order valence-electron chi connectivity index (χ3n) is 10.5. The molecule has 0 aliphatic heterocycles. The van der Waals surface area contributed by atoms with Crippen molar-refractivity contribution in [2.24, 2.45) is 0 Å². The fourth-order valence-corrected chi connectivity index (χ4v) is 9.15. The minimum atomic E-state index is -6.37. The Bertz CT molecular complexity index is 3250. The zero-order valence-electron chi connectivity index (χ0n) is 36.7. The van der Waals surface area contributed by atoms with Gasteiger partial charge in [-0.2, -0.15) is 43.9 Å². The van der Waals surface area contributed by atoms with Gasteiger partial charge in [0.25, 0.3) is 19.7 Å². The lowest BCUT2D eigenvalue weighted by molar-refractivity contribution is -0.241. The molecule has 0 aliphatic carbocycles. The molecule has 0 spiro atoms. The maximum absolute atomic E-state index is 14.0. The first-order valence-corrected chi connectivity index (χ1v) is 24.0. The van der Waals surface area contributed by atoms with Crippen molar-refractivity contribution in [3.8, 4) is 79.7 Å². The first-order valence-electron chi connectivity index (χ1n) is 21.0. The average molecular weight is 1050 g/mol. The topological polar surface area (TPSA) is 114 Å². The van der Waals surface area contributed by atoms with E-state index < -0.39 is 52.3 Å². The zero-order valence-corrected chi connectivity index (χ0v) is 38.4. The summed E-state index contributed by atoms with van der Waals surface area (Å²) >= 11 is 0. The lowest BCUT2D eigenvalue weighted by Crippen LogP contribution is -2.43. The zero-order chi connectivity index (χ0) is 52.4. The molecule has 0 heterocycles. The second kappa shape index (κ2) is 19.9. The molecule has 9 nitrogen and oxygen atoms in total. The van der Waals surface area contributed by atoms with Crippen molar-refractivity contribution >= 4 is 19.7 Å². The molecule has 0 amide bonds. The molecule has 376 valence electrons. The van der Waals surface area contributed by atoms with Crippen molar-refractivity contribution in [3.63, 3.8) is 0 Å². The van der Waals surface area contributed by atoms with Crippen LogP contribution in [0.4, 0.5) is 43.9 Å². The van der Waals surface area contributed by atoms with E-state index in [-0.39, 0.29) is 46.0 Å². The summed E-state index contributed by atoms with van der Waals surface area (Å²) in [6.45, 7) is 0. The minimum absolute atomic E-state index is 0.0977. The highest BCUT2D eigenvalue weighted by atomic mass is 32.2. The molecule has 0 aliphatic rings. The van der Waals surface area contributed by atoms with Crippen LogP contribution in [0.15, 0.2) is 204 Å². The van der Waals surface area contributed by atoms with Crippen LogP contribution in [0.3, 0.4) is 0 Å². The number of rotatable bonds is 16. The number of sulfone groups is 2. The monoisotopic (exact) mass is 1050 g/mol. The Hall–Kier alpha value is -8.04. The molecular weight excluding hydrogens is 1020 g/mol. The SMILES string of the molecule is O=S(=O)(c1ccc(Oc2cccc(-c3c(Oc4ccccc4)cccc3Oc3cccc(Oc4ccccc4)c3-c3cccc(Oc4ccc(S(=O)(=O)C(F)(F)C(F)(F)F)cc4)c3)c2)cc1)C(F)(F)C(F)(F)F. The van der Waals surface area contributed by atoms with Crippen LogP contribution in [0.5, 0.6) is 57.5 Å². The van der Waals surface area contributed by atoms with Gasteiger partial charge < -0.3 is 23.7 Å². The van der Waals surface area contributed by atoms with Gasteiger partial charge in [0.15, 0.2) is 0 Å². The fourth-order valence-electron chi connectivity index (χ4n) is 6.96. The van der Waals surface area contributed by atoms with E-state index in [2.05, 4.69) is 0 Å². The van der Waals surface area contributed by atoms with Crippen molar-refractivity contribution in [1.82, 2.24) is 0 Å². The molecule has 0 bridgehead atoms. The molecule has 0 N–H and O–H groups in total. The molecule has 8 rings (SSSR count). The van der Waals surface area contributed by atoms with Crippen molar-refractivity contribution < 1.29 is 84.4 Å². The maximum atomic E-state index is 14.0. The van der Waals surface area contributed by atoms with E-state index in [0.29, 0.717) is 58.0 Å². The lowest BCUT2D eigenvalue weighted by Gasteiger charge is -2.20. The third kappa shape index (κ3) is 10.6. The summed E-state index contributed by atoms with van der Waals surface area (Å²) in [5.41, 5.74) is 1.47. The van der Waals surface area contributed by atoms with Crippen LogP contribution in [0.2, 0.25) is 0 Å². The molecule has 0 saturated carbocycles. The van der Waals surface area contributed by atoms with E-state index in [1.807, 2.05) is 0 Å². The van der Waals surface area contributed by atoms with Crippen molar-refractivity contribution in [2.75, 3.05) is 0 Å². The molecule has 21 heteroatoms. The summed E-state index contributed by atoms with van der Waals surface area (Å²) in [5, 5.41) is -12.1. The Balaban J connectivity index is 1.17. The number of alkyl halides is 10. The van der Waals surface area contributed by atoms with Gasteiger partial charge in [-0.05, 0) is 132 Å². The molecule has 0 atom stereocenters. The van der Waals surface area contributed by atoms with Gasteiger partial charge in [-0.25, -0.2) is 16.8 Å². The number of hydrogen-bond donors (Lipinski definition) is 0. The first kappa shape index (κ1) is 51.3. The highest BCUT2D eigenvalue weighted by molar-refractivity contribution is 7.92. The first-order chi connectivity index (χ1) is 34.5. The Labute approximate surface area is 409 Å². The van der Waals surface area contributed by atoms with Crippen molar-refractivity contribution in [2.45, 2.75) is 32.7 Å². The molecule has 8 aromatic rings. The summed E-state index contributed by atoms with van der Waals surface area (Å²) in [4.78, 5) is -2.60. The van der Waals surface area contributed by atoms with Crippen LogP contribution >= 0.6 is 0 Å². The van der Waals surface area contributed by atoms with Crippen LogP contribution in [0.1, 0.15) is 0 Å². The van der Waals surface area contributed by atoms with Crippen LogP contribution in [-0.4, -0.2) is 39.7 Å². The molecule has 8 aromatic carbocycles. The van der Waals surface area contributed by atoms with Gasteiger partial charge in [-0.15, -0.1) is 0 Å². The van der Waals surface area contributed by atoms with Crippen LogP contribution in [0.25, 0.3) is 22.3 Å². The van der Waals surface area contributed by atoms with Gasteiger partial charge in [0.05, 0.1) is 20.9 Å². The van der Waals surface area contributed by atoms with Gasteiger partial charge in [-0.1, -0.05) is 72.8 Å². The Morgan fingerprint density at radius 3 is 0.904 bits per heavy atom. The van der Waals surface area contributed by atoms with Gasteiger partial charge in [-0.3, -0.25) is 0 Å². The number of halogens is 10. The summed E-state index contributed by atoms with van der Waals surface area (Å²) in [6.07, 6.45) is -12.7. The second-order valence-corrected chi connectivity index (χ2v) is 19.4. The van der Waals surface area contributed by atoms with E-state index in [9.17, 15) is 60.7 Å². The van der Waals surface area contributed by atoms with E-state index in [4.69, 9.17) is 23.7 Å². The Kier molecular flexibility index (Phi) is 14.0. The molecule has 73 heavy (non-hydrogen) atoms. The molecule has 0 saturated heterocycles. The Morgan fingerprint density at radius 2 is 0.575 bits per heavy atom. The normalized spacial score (nSPS) is 12.5. The van der Waals surface area contributed by atoms with Crippen molar-refractivity contribution in [3.05, 3.63) is 194 Å². The standard InChI is InChI=1S/C52H32F10O9S2/c53-49(54,55)51(59,60)72(63,64)41-27-23-37(24-28-41)67-39-17-7-11-33(31-39)47-43(69-35-13-3-1-4-14-35)19-9-21-45(47)71-46-22-10-20-44(70-36-15-5-2-6-16-36)48(46)34-12-8-18-40(32-34)68-38-25-29-42(30-26-38)73(65,66)52(61,62)50(56,57)58/h1-32H. The van der Waals surface area contributed by atoms with Gasteiger partial charge >= 0.3 is 22.9 Å². The van der Waals surface area contributed by atoms with Gasteiger partial charge in [0.1, 0.15) is 57.5 Å². The average Bonchev–Trinajstić information content (AvgIpc) is 3.34. The second-order valence-electron chi connectivity index (χ2n) is 15.4. The number of para-hydroxylation sites is 2. The summed E-state index contributed by atoms with van der Waals surface area (Å²) < 4.78 is 214. The summed E-state index contributed by atoms with van der Waals surface area (Å²) in [5.74, 6) is 1.67. The Morgan fingerprint density at radius 1 is 0.288 bits per heavy atom. The van der Waals surface area contributed by atoms with E-state index >= 15 is 0 Å². The summed E-state index contributed by atoms with van der Waals surface area (Å²) in [7, 11) is -12.4. The summed E-state index contributed by atoms with van der Waals surface area (Å²) in [6, 6.07) is 45.6. The molecule has 0 aromatic heterocycles.